The summed E-state index contributed by atoms with van der Waals surface area (Å²) >= 11 is 1.57. The van der Waals surface area contributed by atoms with Gasteiger partial charge in [-0.1, -0.05) is 19.1 Å². The monoisotopic (exact) mass is 299 g/mol. The first-order chi connectivity index (χ1) is 10.3. The molecule has 0 aliphatic carbocycles. The van der Waals surface area contributed by atoms with Crippen molar-refractivity contribution in [3.05, 3.63) is 41.4 Å². The topological polar surface area (TPSA) is 55.6 Å². The predicted octanol–water partition coefficient (Wildman–Crippen LogP) is 3.73. The van der Waals surface area contributed by atoms with Gasteiger partial charge < -0.3 is 5.32 Å². The van der Waals surface area contributed by atoms with Crippen LogP contribution in [0.1, 0.15) is 19.4 Å². The predicted molar refractivity (Wildman–Crippen MR) is 85.9 cm³/mol. The van der Waals surface area contributed by atoms with Crippen LogP contribution >= 0.6 is 11.3 Å². The standard InChI is InChI=1S/C15H17N5S/c1-3-11-6-5-7-12(8-11)17-15-18-14(10-21-15)13-9-16-20(4-2)19-13/h5-10H,3-4H2,1-2H3,(H,17,18). The normalized spacial score (nSPS) is 10.8. The lowest BCUT2D eigenvalue weighted by Gasteiger charge is -2.04. The second-order valence-corrected chi connectivity index (χ2v) is 5.49. The number of rotatable bonds is 5. The molecule has 3 rings (SSSR count). The zero-order chi connectivity index (χ0) is 14.7. The molecule has 0 unspecified atom stereocenters. The lowest BCUT2D eigenvalue weighted by atomic mass is 10.1. The van der Waals surface area contributed by atoms with Gasteiger partial charge in [-0.2, -0.15) is 15.0 Å². The Morgan fingerprint density at radius 3 is 2.90 bits per heavy atom. The number of hydrogen-bond donors (Lipinski definition) is 1. The molecule has 1 aromatic carbocycles. The Morgan fingerprint density at radius 1 is 1.24 bits per heavy atom. The summed E-state index contributed by atoms with van der Waals surface area (Å²) in [7, 11) is 0. The van der Waals surface area contributed by atoms with E-state index in [9.17, 15) is 0 Å². The van der Waals surface area contributed by atoms with Crippen molar-refractivity contribution in [3.8, 4) is 11.4 Å². The average molecular weight is 299 g/mol. The highest BCUT2D eigenvalue weighted by Gasteiger charge is 2.08. The quantitative estimate of drug-likeness (QED) is 0.780. The summed E-state index contributed by atoms with van der Waals surface area (Å²) in [5, 5.41) is 14.7. The number of aromatic nitrogens is 4. The molecule has 0 saturated heterocycles. The van der Waals surface area contributed by atoms with Crippen LogP contribution in [0, 0.1) is 0 Å². The molecule has 2 heterocycles. The van der Waals surface area contributed by atoms with Crippen molar-refractivity contribution in [2.75, 3.05) is 5.32 Å². The molecule has 0 saturated carbocycles. The molecule has 3 aromatic rings. The van der Waals surface area contributed by atoms with E-state index in [-0.39, 0.29) is 0 Å². The van der Waals surface area contributed by atoms with Gasteiger partial charge in [0.2, 0.25) is 0 Å². The Morgan fingerprint density at radius 2 is 2.14 bits per heavy atom. The van der Waals surface area contributed by atoms with E-state index in [1.54, 1.807) is 22.3 Å². The molecule has 21 heavy (non-hydrogen) atoms. The largest absolute Gasteiger partial charge is 0.332 e. The van der Waals surface area contributed by atoms with E-state index in [4.69, 9.17) is 0 Å². The Balaban J connectivity index is 1.78. The van der Waals surface area contributed by atoms with Gasteiger partial charge in [0.15, 0.2) is 5.13 Å². The third kappa shape index (κ3) is 3.11. The van der Waals surface area contributed by atoms with Gasteiger partial charge in [0.05, 0.1) is 12.7 Å². The number of anilines is 2. The van der Waals surface area contributed by atoms with Crippen molar-refractivity contribution < 1.29 is 0 Å². The van der Waals surface area contributed by atoms with E-state index in [2.05, 4.69) is 45.6 Å². The highest BCUT2D eigenvalue weighted by Crippen LogP contribution is 2.26. The fraction of sp³-hybridized carbons (Fsp3) is 0.267. The maximum atomic E-state index is 4.57. The Labute approximate surface area is 127 Å². The van der Waals surface area contributed by atoms with E-state index in [1.807, 2.05) is 18.4 Å². The highest BCUT2D eigenvalue weighted by atomic mass is 32.1. The van der Waals surface area contributed by atoms with Crippen LogP contribution in [-0.4, -0.2) is 20.0 Å². The molecule has 0 aliphatic heterocycles. The first-order valence-electron chi connectivity index (χ1n) is 7.00. The first kappa shape index (κ1) is 13.8. The first-order valence-corrected chi connectivity index (χ1v) is 7.88. The van der Waals surface area contributed by atoms with Crippen LogP contribution in [0.25, 0.3) is 11.4 Å². The van der Waals surface area contributed by atoms with Gasteiger partial charge in [-0.15, -0.1) is 11.3 Å². The van der Waals surface area contributed by atoms with Crippen LogP contribution in [0.4, 0.5) is 10.8 Å². The molecule has 5 nitrogen and oxygen atoms in total. The Kier molecular flexibility index (Phi) is 3.96. The number of hydrogen-bond acceptors (Lipinski definition) is 5. The summed E-state index contributed by atoms with van der Waals surface area (Å²) in [4.78, 5) is 6.23. The van der Waals surface area contributed by atoms with E-state index < -0.39 is 0 Å². The van der Waals surface area contributed by atoms with Gasteiger partial charge in [0, 0.05) is 11.1 Å². The van der Waals surface area contributed by atoms with Crippen LogP contribution in [0.3, 0.4) is 0 Å². The number of benzene rings is 1. The van der Waals surface area contributed by atoms with Gasteiger partial charge >= 0.3 is 0 Å². The molecule has 2 aromatic heterocycles. The van der Waals surface area contributed by atoms with Crippen LogP contribution in [0.15, 0.2) is 35.8 Å². The van der Waals surface area contributed by atoms with Gasteiger partial charge in [0.1, 0.15) is 11.4 Å². The van der Waals surface area contributed by atoms with Gasteiger partial charge in [-0.3, -0.25) is 0 Å². The molecule has 0 spiro atoms. The van der Waals surface area contributed by atoms with Crippen molar-refractivity contribution >= 4 is 22.2 Å². The van der Waals surface area contributed by atoms with Crippen molar-refractivity contribution in [2.24, 2.45) is 0 Å². The maximum absolute atomic E-state index is 4.57. The zero-order valence-corrected chi connectivity index (χ0v) is 12.9. The van der Waals surface area contributed by atoms with Crippen molar-refractivity contribution in [1.29, 1.82) is 0 Å². The van der Waals surface area contributed by atoms with Gasteiger partial charge in [-0.05, 0) is 31.0 Å². The zero-order valence-electron chi connectivity index (χ0n) is 12.1. The number of thiazole rings is 1. The number of nitrogens with one attached hydrogen (secondary N) is 1. The second-order valence-electron chi connectivity index (χ2n) is 4.64. The lowest BCUT2D eigenvalue weighted by Crippen LogP contribution is -1.98. The molecular formula is C15H17N5S. The van der Waals surface area contributed by atoms with Crippen molar-refractivity contribution in [2.45, 2.75) is 26.8 Å². The minimum Gasteiger partial charge on any atom is -0.332 e. The summed E-state index contributed by atoms with van der Waals surface area (Å²) in [6.07, 6.45) is 2.78. The second kappa shape index (κ2) is 6.05. The van der Waals surface area contributed by atoms with Crippen molar-refractivity contribution in [1.82, 2.24) is 20.0 Å². The Bertz CT molecular complexity index is 731. The van der Waals surface area contributed by atoms with Crippen LogP contribution in [0.5, 0.6) is 0 Å². The smallest absolute Gasteiger partial charge is 0.187 e. The molecule has 0 atom stereocenters. The number of nitrogens with zero attached hydrogens (tertiary/aromatic N) is 4. The van der Waals surface area contributed by atoms with Crippen LogP contribution < -0.4 is 5.32 Å². The fourth-order valence-electron chi connectivity index (χ4n) is 2.01. The summed E-state index contributed by atoms with van der Waals surface area (Å²) in [5.74, 6) is 0. The van der Waals surface area contributed by atoms with Crippen LogP contribution in [-0.2, 0) is 13.0 Å². The minimum absolute atomic E-state index is 0.763. The van der Waals surface area contributed by atoms with Crippen molar-refractivity contribution in [3.63, 3.8) is 0 Å². The molecule has 6 heteroatoms. The molecule has 0 amide bonds. The summed E-state index contributed by atoms with van der Waals surface area (Å²) in [5.41, 5.74) is 4.03. The molecule has 108 valence electrons. The Hall–Kier alpha value is -2.21. The third-order valence-corrected chi connectivity index (χ3v) is 3.93. The minimum atomic E-state index is 0.763. The molecular weight excluding hydrogens is 282 g/mol. The van der Waals surface area contributed by atoms with E-state index in [0.717, 1.165) is 35.2 Å². The molecule has 1 N–H and O–H groups in total. The van der Waals surface area contributed by atoms with Gasteiger partial charge in [0.25, 0.3) is 0 Å². The van der Waals surface area contributed by atoms with E-state index >= 15 is 0 Å². The summed E-state index contributed by atoms with van der Waals surface area (Å²) in [6.45, 7) is 4.93. The third-order valence-electron chi connectivity index (χ3n) is 3.17. The maximum Gasteiger partial charge on any atom is 0.187 e. The fourth-order valence-corrected chi connectivity index (χ4v) is 2.73. The lowest BCUT2D eigenvalue weighted by molar-refractivity contribution is 0.571. The summed E-state index contributed by atoms with van der Waals surface area (Å²) < 4.78 is 0. The highest BCUT2D eigenvalue weighted by molar-refractivity contribution is 7.14. The van der Waals surface area contributed by atoms with E-state index in [0.29, 0.717) is 0 Å². The molecule has 0 aliphatic rings. The molecule has 0 radical (unpaired) electrons. The van der Waals surface area contributed by atoms with E-state index in [1.165, 1.54) is 5.56 Å². The molecule has 0 fully saturated rings. The number of aryl methyl sites for hydroxylation is 2. The van der Waals surface area contributed by atoms with Crippen LogP contribution in [0.2, 0.25) is 0 Å². The van der Waals surface area contributed by atoms with Gasteiger partial charge in [-0.25, -0.2) is 4.98 Å². The summed E-state index contributed by atoms with van der Waals surface area (Å²) in [6, 6.07) is 8.38. The molecule has 0 bridgehead atoms. The SMILES string of the molecule is CCc1cccc(Nc2nc(-c3cnn(CC)n3)cs2)c1. The average Bonchev–Trinajstić information content (AvgIpc) is 3.16.